The van der Waals surface area contributed by atoms with E-state index in [1.807, 2.05) is 52.0 Å². The van der Waals surface area contributed by atoms with Crippen molar-refractivity contribution in [2.45, 2.75) is 39.9 Å². The highest BCUT2D eigenvalue weighted by Crippen LogP contribution is 2.22. The molecule has 0 unspecified atom stereocenters. The van der Waals surface area contributed by atoms with Gasteiger partial charge in [-0.25, -0.2) is 0 Å². The summed E-state index contributed by atoms with van der Waals surface area (Å²) >= 11 is 0. The van der Waals surface area contributed by atoms with Crippen LogP contribution in [0, 0.1) is 13.8 Å². The first-order valence-electron chi connectivity index (χ1n) is 10.7. The molecule has 1 aromatic heterocycles. The van der Waals surface area contributed by atoms with Crippen LogP contribution in [0.15, 0.2) is 24.3 Å². The second kappa shape index (κ2) is 8.46. The maximum Gasteiger partial charge on any atom is 0.282 e. The largest absolute Gasteiger partial charge is 0.373 e. The number of hydrogen-bond acceptors (Lipinski definition) is 5. The van der Waals surface area contributed by atoms with E-state index in [0.717, 1.165) is 16.5 Å². The lowest BCUT2D eigenvalue weighted by Gasteiger charge is -2.40. The summed E-state index contributed by atoms with van der Waals surface area (Å²) in [5.74, 6) is -0.0981. The van der Waals surface area contributed by atoms with Gasteiger partial charge >= 0.3 is 0 Å². The minimum atomic E-state index is -3.57. The molecule has 2 atom stereocenters. The number of hydrogen-bond donors (Lipinski definition) is 0. The summed E-state index contributed by atoms with van der Waals surface area (Å²) in [7, 11) is -3.57. The minimum Gasteiger partial charge on any atom is -0.373 e. The maximum absolute atomic E-state index is 13.2. The summed E-state index contributed by atoms with van der Waals surface area (Å²) in [4.78, 5) is 19.5. The lowest BCUT2D eigenvalue weighted by atomic mass is 10.1. The van der Waals surface area contributed by atoms with Crippen molar-refractivity contribution in [3.63, 3.8) is 0 Å². The first-order valence-corrected chi connectivity index (χ1v) is 12.1. The Kier molecular flexibility index (Phi) is 6.04. The topological polar surface area (TPSA) is 83.1 Å². The number of carbonyl (C=O) groups excluding carboxylic acids is 1. The van der Waals surface area contributed by atoms with Gasteiger partial charge in [0.1, 0.15) is 0 Å². The Morgan fingerprint density at radius 2 is 1.65 bits per heavy atom. The van der Waals surface area contributed by atoms with Crippen molar-refractivity contribution in [3.05, 3.63) is 41.1 Å². The van der Waals surface area contributed by atoms with E-state index in [9.17, 15) is 13.2 Å². The fourth-order valence-electron chi connectivity index (χ4n) is 4.38. The third-order valence-corrected chi connectivity index (χ3v) is 7.92. The van der Waals surface area contributed by atoms with Gasteiger partial charge in [0.2, 0.25) is 0 Å². The van der Waals surface area contributed by atoms with Gasteiger partial charge in [-0.1, -0.05) is 11.6 Å². The minimum absolute atomic E-state index is 0.0981. The van der Waals surface area contributed by atoms with Crippen molar-refractivity contribution in [2.24, 2.45) is 0 Å². The Morgan fingerprint density at radius 3 is 2.29 bits per heavy atom. The standard InChI is InChI=1S/C22H30N4O4S/c1-15-5-6-21-19(11-15)12-20(18(4)23-21)22(27)24-7-9-25(10-8-24)31(28,29)26-13-16(2)30-17(3)14-26/h5-6,11-12,16-17H,7-10,13-14H2,1-4H3/t16-,17-/m1/s1. The van der Waals surface area contributed by atoms with Crippen molar-refractivity contribution in [3.8, 4) is 0 Å². The van der Waals surface area contributed by atoms with E-state index in [4.69, 9.17) is 4.74 Å². The lowest BCUT2D eigenvalue weighted by molar-refractivity contribution is -0.0457. The molecular formula is C22H30N4O4S. The molecule has 2 aliphatic heterocycles. The third-order valence-electron chi connectivity index (χ3n) is 5.96. The number of ether oxygens (including phenoxy) is 1. The number of aromatic nitrogens is 1. The summed E-state index contributed by atoms with van der Waals surface area (Å²) < 4.78 is 34.8. The number of amides is 1. The molecule has 2 saturated heterocycles. The van der Waals surface area contributed by atoms with Crippen LogP contribution in [0.5, 0.6) is 0 Å². The van der Waals surface area contributed by atoms with Crippen LogP contribution in [-0.2, 0) is 14.9 Å². The molecular weight excluding hydrogens is 416 g/mol. The Balaban J connectivity index is 1.47. The molecule has 9 heteroatoms. The predicted molar refractivity (Wildman–Crippen MR) is 119 cm³/mol. The quantitative estimate of drug-likeness (QED) is 0.720. The molecule has 1 aromatic carbocycles. The average Bonchev–Trinajstić information content (AvgIpc) is 2.72. The Labute approximate surface area is 184 Å². The molecule has 8 nitrogen and oxygen atoms in total. The fraction of sp³-hybridized carbons (Fsp3) is 0.545. The smallest absolute Gasteiger partial charge is 0.282 e. The van der Waals surface area contributed by atoms with Gasteiger partial charge in [0, 0.05) is 44.7 Å². The Morgan fingerprint density at radius 1 is 1.00 bits per heavy atom. The van der Waals surface area contributed by atoms with E-state index in [0.29, 0.717) is 37.4 Å². The van der Waals surface area contributed by atoms with Crippen molar-refractivity contribution in [1.82, 2.24) is 18.5 Å². The highest BCUT2D eigenvalue weighted by Gasteiger charge is 2.37. The molecule has 3 heterocycles. The molecule has 0 N–H and O–H groups in total. The number of benzene rings is 1. The van der Waals surface area contributed by atoms with E-state index in [2.05, 4.69) is 4.98 Å². The molecule has 168 valence electrons. The summed E-state index contributed by atoms with van der Waals surface area (Å²) in [6, 6.07) is 7.88. The summed E-state index contributed by atoms with van der Waals surface area (Å²) in [6.07, 6.45) is -0.262. The molecule has 4 rings (SSSR count). The van der Waals surface area contributed by atoms with Gasteiger partial charge in [-0.2, -0.15) is 17.0 Å². The molecule has 2 fully saturated rings. The maximum atomic E-state index is 13.2. The number of pyridine rings is 1. The number of fused-ring (bicyclic) bond motifs is 1. The SMILES string of the molecule is Cc1ccc2nc(C)c(C(=O)N3CCN(S(=O)(=O)N4C[C@@H](C)O[C@H](C)C4)CC3)cc2c1. The first-order chi connectivity index (χ1) is 14.6. The normalized spacial score (nSPS) is 23.9. The van der Waals surface area contributed by atoms with Crippen LogP contribution in [-0.4, -0.2) is 84.3 Å². The molecule has 0 saturated carbocycles. The summed E-state index contributed by atoms with van der Waals surface area (Å²) in [5, 5.41) is 0.936. The van der Waals surface area contributed by atoms with Crippen molar-refractivity contribution < 1.29 is 17.9 Å². The molecule has 2 aliphatic rings. The number of nitrogens with zero attached hydrogens (tertiary/aromatic N) is 4. The van der Waals surface area contributed by atoms with Crippen LogP contribution in [0.1, 0.15) is 35.5 Å². The van der Waals surface area contributed by atoms with Gasteiger partial charge in [-0.3, -0.25) is 9.78 Å². The summed E-state index contributed by atoms with van der Waals surface area (Å²) in [6.45, 7) is 9.62. The van der Waals surface area contributed by atoms with E-state index < -0.39 is 10.2 Å². The Hall–Kier alpha value is -2.07. The summed E-state index contributed by atoms with van der Waals surface area (Å²) in [5.41, 5.74) is 3.24. The van der Waals surface area contributed by atoms with Gasteiger partial charge in [-0.05, 0) is 45.9 Å². The first kappa shape index (κ1) is 22.1. The van der Waals surface area contributed by atoms with Crippen LogP contribution in [0.4, 0.5) is 0 Å². The molecule has 2 aromatic rings. The van der Waals surface area contributed by atoms with Crippen LogP contribution in [0.3, 0.4) is 0 Å². The number of aryl methyl sites for hydroxylation is 2. The van der Waals surface area contributed by atoms with E-state index >= 15 is 0 Å². The van der Waals surface area contributed by atoms with E-state index in [1.165, 1.54) is 8.61 Å². The fourth-order valence-corrected chi connectivity index (χ4v) is 6.13. The van der Waals surface area contributed by atoms with Gasteiger partial charge in [0.05, 0.1) is 29.0 Å². The van der Waals surface area contributed by atoms with Gasteiger partial charge in [0.25, 0.3) is 16.1 Å². The number of piperazine rings is 1. The zero-order chi connectivity index (χ0) is 22.3. The van der Waals surface area contributed by atoms with Crippen LogP contribution >= 0.6 is 0 Å². The average molecular weight is 447 g/mol. The highest BCUT2D eigenvalue weighted by molar-refractivity contribution is 7.86. The second-order valence-electron chi connectivity index (χ2n) is 8.59. The van der Waals surface area contributed by atoms with E-state index in [-0.39, 0.29) is 31.2 Å². The van der Waals surface area contributed by atoms with Crippen molar-refractivity contribution in [1.29, 1.82) is 0 Å². The van der Waals surface area contributed by atoms with Crippen LogP contribution in [0.2, 0.25) is 0 Å². The molecule has 0 bridgehead atoms. The predicted octanol–water partition coefficient (Wildman–Crippen LogP) is 1.96. The molecule has 31 heavy (non-hydrogen) atoms. The van der Waals surface area contributed by atoms with Crippen molar-refractivity contribution >= 4 is 27.0 Å². The lowest BCUT2D eigenvalue weighted by Crippen LogP contribution is -2.57. The number of carbonyl (C=O) groups is 1. The van der Waals surface area contributed by atoms with Gasteiger partial charge in [0.15, 0.2) is 0 Å². The number of rotatable bonds is 3. The van der Waals surface area contributed by atoms with E-state index in [1.54, 1.807) is 4.90 Å². The molecule has 1 amide bonds. The monoisotopic (exact) mass is 446 g/mol. The number of morpholine rings is 1. The van der Waals surface area contributed by atoms with Gasteiger partial charge in [-0.15, -0.1) is 0 Å². The van der Waals surface area contributed by atoms with Gasteiger partial charge < -0.3 is 9.64 Å². The zero-order valence-electron chi connectivity index (χ0n) is 18.5. The van der Waals surface area contributed by atoms with Crippen LogP contribution in [0.25, 0.3) is 10.9 Å². The highest BCUT2D eigenvalue weighted by atomic mass is 32.2. The molecule has 0 radical (unpaired) electrons. The molecule has 0 aliphatic carbocycles. The molecule has 0 spiro atoms. The third kappa shape index (κ3) is 4.45. The second-order valence-corrected chi connectivity index (χ2v) is 10.5. The van der Waals surface area contributed by atoms with Crippen LogP contribution < -0.4 is 0 Å². The Bertz CT molecular complexity index is 1090. The van der Waals surface area contributed by atoms with Crippen molar-refractivity contribution in [2.75, 3.05) is 39.3 Å². The zero-order valence-corrected chi connectivity index (χ0v) is 19.4.